The maximum atomic E-state index is 10.9. The second-order valence-corrected chi connectivity index (χ2v) is 3.60. The highest BCUT2D eigenvalue weighted by Gasteiger charge is 2.41. The Hall–Kier alpha value is -0.570. The van der Waals surface area contributed by atoms with Crippen molar-refractivity contribution in [1.82, 2.24) is 5.32 Å². The highest BCUT2D eigenvalue weighted by Crippen LogP contribution is 2.47. The molecule has 12 heavy (non-hydrogen) atoms. The predicted octanol–water partition coefficient (Wildman–Crippen LogP) is 0.675. The third kappa shape index (κ3) is 2.48. The number of hydrogen-bond donors (Lipinski definition) is 2. The standard InChI is InChI=1S/C9H17NO2/c1-2-8(12)10-7-9(3-4-9)5-6-11/h11H,2-7H2,1H3,(H,10,12). The largest absolute Gasteiger partial charge is 0.396 e. The normalized spacial score (nSPS) is 18.8. The lowest BCUT2D eigenvalue weighted by Gasteiger charge is -2.13. The van der Waals surface area contributed by atoms with Crippen molar-refractivity contribution >= 4 is 5.91 Å². The molecule has 3 heteroatoms. The molecule has 1 amide bonds. The molecule has 0 spiro atoms. The van der Waals surface area contributed by atoms with Gasteiger partial charge in [0.25, 0.3) is 0 Å². The summed E-state index contributed by atoms with van der Waals surface area (Å²) < 4.78 is 0. The van der Waals surface area contributed by atoms with Gasteiger partial charge in [-0.3, -0.25) is 4.79 Å². The Kier molecular flexibility index (Phi) is 3.09. The van der Waals surface area contributed by atoms with Gasteiger partial charge in [-0.05, 0) is 24.7 Å². The van der Waals surface area contributed by atoms with Crippen LogP contribution in [0.4, 0.5) is 0 Å². The number of carbonyl (C=O) groups excluding carboxylic acids is 1. The molecule has 0 bridgehead atoms. The van der Waals surface area contributed by atoms with E-state index in [0.717, 1.165) is 25.8 Å². The number of nitrogens with one attached hydrogen (secondary N) is 1. The van der Waals surface area contributed by atoms with Crippen molar-refractivity contribution in [2.45, 2.75) is 32.6 Å². The molecule has 2 N–H and O–H groups in total. The summed E-state index contributed by atoms with van der Waals surface area (Å²) in [4.78, 5) is 10.9. The van der Waals surface area contributed by atoms with E-state index in [-0.39, 0.29) is 17.9 Å². The van der Waals surface area contributed by atoms with Crippen LogP contribution in [-0.4, -0.2) is 24.2 Å². The van der Waals surface area contributed by atoms with Crippen molar-refractivity contribution in [1.29, 1.82) is 0 Å². The first-order valence-electron chi connectivity index (χ1n) is 4.60. The van der Waals surface area contributed by atoms with Gasteiger partial charge in [0.15, 0.2) is 0 Å². The summed E-state index contributed by atoms with van der Waals surface area (Å²) >= 11 is 0. The smallest absolute Gasteiger partial charge is 0.219 e. The maximum absolute atomic E-state index is 10.9. The maximum Gasteiger partial charge on any atom is 0.219 e. The quantitative estimate of drug-likeness (QED) is 0.639. The minimum atomic E-state index is 0.110. The Labute approximate surface area is 73.2 Å². The average molecular weight is 171 g/mol. The van der Waals surface area contributed by atoms with Crippen molar-refractivity contribution in [3.63, 3.8) is 0 Å². The van der Waals surface area contributed by atoms with Crippen LogP contribution in [-0.2, 0) is 4.79 Å². The van der Waals surface area contributed by atoms with Gasteiger partial charge in [-0.1, -0.05) is 6.92 Å². The molecule has 0 aliphatic heterocycles. The molecule has 1 saturated carbocycles. The molecule has 0 saturated heterocycles. The Bertz CT molecular complexity index is 164. The highest BCUT2D eigenvalue weighted by molar-refractivity contribution is 5.75. The fourth-order valence-electron chi connectivity index (χ4n) is 1.34. The SMILES string of the molecule is CCC(=O)NCC1(CCO)CC1. The van der Waals surface area contributed by atoms with Gasteiger partial charge >= 0.3 is 0 Å². The molecule has 3 nitrogen and oxygen atoms in total. The van der Waals surface area contributed by atoms with Gasteiger partial charge in [-0.25, -0.2) is 0 Å². The van der Waals surface area contributed by atoms with Crippen LogP contribution in [0.1, 0.15) is 32.6 Å². The van der Waals surface area contributed by atoms with E-state index in [1.165, 1.54) is 0 Å². The first kappa shape index (κ1) is 9.52. The van der Waals surface area contributed by atoms with E-state index in [0.29, 0.717) is 6.42 Å². The third-order valence-electron chi connectivity index (χ3n) is 2.58. The van der Waals surface area contributed by atoms with Crippen LogP contribution >= 0.6 is 0 Å². The molecule has 1 rings (SSSR count). The highest BCUT2D eigenvalue weighted by atomic mass is 16.3. The summed E-state index contributed by atoms with van der Waals surface area (Å²) in [5.74, 6) is 0.110. The zero-order valence-electron chi connectivity index (χ0n) is 7.60. The minimum Gasteiger partial charge on any atom is -0.396 e. The van der Waals surface area contributed by atoms with Gasteiger partial charge in [-0.15, -0.1) is 0 Å². The second kappa shape index (κ2) is 3.90. The molecule has 0 unspecified atom stereocenters. The molecule has 0 atom stereocenters. The predicted molar refractivity (Wildman–Crippen MR) is 46.7 cm³/mol. The van der Waals surface area contributed by atoms with Gasteiger partial charge in [-0.2, -0.15) is 0 Å². The van der Waals surface area contributed by atoms with Crippen molar-refractivity contribution < 1.29 is 9.90 Å². The van der Waals surface area contributed by atoms with Crippen molar-refractivity contribution in [3.05, 3.63) is 0 Å². The van der Waals surface area contributed by atoms with Gasteiger partial charge in [0.2, 0.25) is 5.91 Å². The Balaban J connectivity index is 2.17. The van der Waals surface area contributed by atoms with E-state index in [4.69, 9.17) is 5.11 Å². The zero-order chi connectivity index (χ0) is 9.03. The van der Waals surface area contributed by atoms with Crippen LogP contribution in [0, 0.1) is 5.41 Å². The lowest BCUT2D eigenvalue weighted by atomic mass is 10.0. The number of amides is 1. The van der Waals surface area contributed by atoms with Gasteiger partial charge in [0, 0.05) is 19.6 Å². The van der Waals surface area contributed by atoms with Crippen LogP contribution in [0.2, 0.25) is 0 Å². The Morgan fingerprint density at radius 2 is 2.25 bits per heavy atom. The third-order valence-corrected chi connectivity index (χ3v) is 2.58. The van der Waals surface area contributed by atoms with Gasteiger partial charge in [0.1, 0.15) is 0 Å². The average Bonchev–Trinajstić information content (AvgIpc) is 2.82. The van der Waals surface area contributed by atoms with Crippen LogP contribution in [0.3, 0.4) is 0 Å². The first-order chi connectivity index (χ1) is 5.72. The van der Waals surface area contributed by atoms with E-state index in [2.05, 4.69) is 5.32 Å². The number of aliphatic hydroxyl groups excluding tert-OH is 1. The van der Waals surface area contributed by atoms with Crippen LogP contribution in [0.25, 0.3) is 0 Å². The van der Waals surface area contributed by atoms with E-state index >= 15 is 0 Å². The summed E-state index contributed by atoms with van der Waals surface area (Å²) in [5.41, 5.74) is 0.250. The second-order valence-electron chi connectivity index (χ2n) is 3.60. The molecule has 0 aromatic heterocycles. The fourth-order valence-corrected chi connectivity index (χ4v) is 1.34. The number of carbonyl (C=O) groups is 1. The molecular formula is C9H17NO2. The Morgan fingerprint density at radius 1 is 1.58 bits per heavy atom. The molecule has 1 aliphatic rings. The molecule has 0 aromatic carbocycles. The summed E-state index contributed by atoms with van der Waals surface area (Å²) in [7, 11) is 0. The van der Waals surface area contributed by atoms with E-state index in [9.17, 15) is 4.79 Å². The van der Waals surface area contributed by atoms with E-state index in [1.54, 1.807) is 0 Å². The minimum absolute atomic E-state index is 0.110. The molecule has 0 radical (unpaired) electrons. The summed E-state index contributed by atoms with van der Waals surface area (Å²) in [6.07, 6.45) is 3.68. The van der Waals surface area contributed by atoms with E-state index < -0.39 is 0 Å². The molecule has 0 heterocycles. The van der Waals surface area contributed by atoms with Gasteiger partial charge < -0.3 is 10.4 Å². The summed E-state index contributed by atoms with van der Waals surface area (Å²) in [6.45, 7) is 2.84. The van der Waals surface area contributed by atoms with Crippen LogP contribution in [0.5, 0.6) is 0 Å². The number of hydrogen-bond acceptors (Lipinski definition) is 2. The van der Waals surface area contributed by atoms with Crippen molar-refractivity contribution in [3.8, 4) is 0 Å². The molecule has 0 aromatic rings. The topological polar surface area (TPSA) is 49.3 Å². The lowest BCUT2D eigenvalue weighted by molar-refractivity contribution is -0.121. The number of rotatable bonds is 5. The van der Waals surface area contributed by atoms with Gasteiger partial charge in [0.05, 0.1) is 0 Å². The number of aliphatic hydroxyl groups is 1. The van der Waals surface area contributed by atoms with Crippen LogP contribution < -0.4 is 5.32 Å². The van der Waals surface area contributed by atoms with Crippen molar-refractivity contribution in [2.24, 2.45) is 5.41 Å². The fraction of sp³-hybridized carbons (Fsp3) is 0.889. The monoisotopic (exact) mass is 171 g/mol. The molecular weight excluding hydrogens is 154 g/mol. The summed E-state index contributed by atoms with van der Waals surface area (Å²) in [6, 6.07) is 0. The molecule has 70 valence electrons. The Morgan fingerprint density at radius 3 is 2.67 bits per heavy atom. The lowest BCUT2D eigenvalue weighted by Crippen LogP contribution is -2.29. The van der Waals surface area contributed by atoms with Crippen LogP contribution in [0.15, 0.2) is 0 Å². The van der Waals surface area contributed by atoms with Crippen molar-refractivity contribution in [2.75, 3.05) is 13.2 Å². The van der Waals surface area contributed by atoms with E-state index in [1.807, 2.05) is 6.92 Å². The molecule has 1 fully saturated rings. The molecule has 1 aliphatic carbocycles. The first-order valence-corrected chi connectivity index (χ1v) is 4.60. The summed E-state index contributed by atoms with van der Waals surface area (Å²) in [5, 5.41) is 11.6. The zero-order valence-corrected chi connectivity index (χ0v) is 7.60.